The number of carbonyl (C=O) groups is 5. The average Bonchev–Trinajstić information content (AvgIpc) is 2.69. The van der Waals surface area contributed by atoms with E-state index in [0.29, 0.717) is 5.75 Å². The molecule has 0 aromatic carbocycles. The Morgan fingerprint density at radius 1 is 0.935 bits per heavy atom. The number of carboxylic acids is 1. The number of nitrogens with one attached hydrogen (secondary N) is 3. The average molecular weight is 464 g/mol. The highest BCUT2D eigenvalue weighted by Crippen LogP contribution is 2.06. The van der Waals surface area contributed by atoms with Crippen LogP contribution in [0.1, 0.15) is 33.1 Å². The molecule has 0 heterocycles. The highest BCUT2D eigenvalue weighted by molar-refractivity contribution is 7.98. The summed E-state index contributed by atoms with van der Waals surface area (Å²) in [5, 5.41) is 25.8. The minimum absolute atomic E-state index is 0.0362. The van der Waals surface area contributed by atoms with Crippen LogP contribution in [-0.4, -0.2) is 82.6 Å². The number of nitrogens with two attached hydrogens (primary N) is 2. The zero-order chi connectivity index (χ0) is 24.1. The molecular weight excluding hydrogens is 430 g/mol. The molecule has 12 nitrogen and oxygen atoms in total. The smallest absolute Gasteiger partial charge is 0.326 e. The minimum Gasteiger partial charge on any atom is -0.480 e. The van der Waals surface area contributed by atoms with Gasteiger partial charge in [-0.1, -0.05) is 13.8 Å². The second kappa shape index (κ2) is 14.6. The number of hydrogen-bond acceptors (Lipinski definition) is 8. The van der Waals surface area contributed by atoms with Crippen LogP contribution in [0.25, 0.3) is 0 Å². The van der Waals surface area contributed by atoms with Crippen molar-refractivity contribution >= 4 is 41.4 Å². The van der Waals surface area contributed by atoms with Gasteiger partial charge in [0.05, 0.1) is 12.6 Å². The number of hydrogen-bond donors (Lipinski definition) is 7. The van der Waals surface area contributed by atoms with Crippen LogP contribution in [0.5, 0.6) is 0 Å². The van der Waals surface area contributed by atoms with Gasteiger partial charge in [-0.3, -0.25) is 19.2 Å². The summed E-state index contributed by atoms with van der Waals surface area (Å²) < 4.78 is 0. The van der Waals surface area contributed by atoms with Crippen LogP contribution in [0.15, 0.2) is 0 Å². The quantitative estimate of drug-likeness (QED) is 0.137. The molecule has 178 valence electrons. The van der Waals surface area contributed by atoms with E-state index in [1.54, 1.807) is 20.1 Å². The molecule has 0 fully saturated rings. The topological polar surface area (TPSA) is 214 Å². The first-order valence-corrected chi connectivity index (χ1v) is 11.1. The molecule has 0 aliphatic rings. The SMILES string of the molecule is CSCCC(NC(=O)C(CO)NC(=O)C(N)CCC(N)=O)C(=O)NC(C(=O)O)C(C)C. The highest BCUT2D eigenvalue weighted by Gasteiger charge is 2.30. The van der Waals surface area contributed by atoms with Gasteiger partial charge in [0.25, 0.3) is 0 Å². The first kappa shape index (κ1) is 28.6. The number of carboxylic acid groups (broad SMARTS) is 1. The normalized spacial score (nSPS) is 14.8. The summed E-state index contributed by atoms with van der Waals surface area (Å²) in [5.41, 5.74) is 10.6. The highest BCUT2D eigenvalue weighted by atomic mass is 32.2. The summed E-state index contributed by atoms with van der Waals surface area (Å²) in [5.74, 6) is -4.03. The van der Waals surface area contributed by atoms with Gasteiger partial charge in [-0.15, -0.1) is 0 Å². The van der Waals surface area contributed by atoms with Gasteiger partial charge in [-0.05, 0) is 30.8 Å². The Kier molecular flexibility index (Phi) is 13.5. The lowest BCUT2D eigenvalue weighted by atomic mass is 10.0. The van der Waals surface area contributed by atoms with Crippen LogP contribution < -0.4 is 27.4 Å². The fourth-order valence-corrected chi connectivity index (χ4v) is 2.92. The van der Waals surface area contributed by atoms with Gasteiger partial charge >= 0.3 is 5.97 Å². The Bertz CT molecular complexity index is 647. The maximum Gasteiger partial charge on any atom is 0.326 e. The maximum absolute atomic E-state index is 12.6. The monoisotopic (exact) mass is 463 g/mol. The van der Waals surface area contributed by atoms with Gasteiger partial charge < -0.3 is 37.6 Å². The lowest BCUT2D eigenvalue weighted by molar-refractivity contribution is -0.143. The number of aliphatic hydroxyl groups excluding tert-OH is 1. The van der Waals surface area contributed by atoms with Gasteiger partial charge in [0.1, 0.15) is 18.1 Å². The number of rotatable bonds is 15. The van der Waals surface area contributed by atoms with E-state index in [-0.39, 0.29) is 25.2 Å². The molecule has 13 heteroatoms. The van der Waals surface area contributed by atoms with Crippen LogP contribution in [0.4, 0.5) is 0 Å². The maximum atomic E-state index is 12.6. The van der Waals surface area contributed by atoms with Crippen molar-refractivity contribution in [1.82, 2.24) is 16.0 Å². The Labute approximate surface area is 185 Å². The van der Waals surface area contributed by atoms with Crippen molar-refractivity contribution in [2.75, 3.05) is 18.6 Å². The second-order valence-electron chi connectivity index (χ2n) is 7.27. The van der Waals surface area contributed by atoms with Crippen LogP contribution in [0.2, 0.25) is 0 Å². The standard InChI is InChI=1S/C18H33N5O7S/c1-9(2)14(18(29)30)23-16(27)11(6-7-31-3)21-17(28)12(8-24)22-15(26)10(19)4-5-13(20)25/h9-12,14,24H,4-8,19H2,1-3H3,(H2,20,25)(H,21,28)(H,22,26)(H,23,27)(H,29,30). The van der Waals surface area contributed by atoms with Gasteiger partial charge in [0.2, 0.25) is 23.6 Å². The summed E-state index contributed by atoms with van der Waals surface area (Å²) in [6.07, 6.45) is 1.84. The molecule has 0 rings (SSSR count). The Balaban J connectivity index is 5.16. The van der Waals surface area contributed by atoms with Crippen LogP contribution in [0, 0.1) is 5.92 Å². The van der Waals surface area contributed by atoms with Gasteiger partial charge in [0.15, 0.2) is 0 Å². The molecule has 0 spiro atoms. The molecule has 0 aromatic rings. The van der Waals surface area contributed by atoms with Crippen molar-refractivity contribution in [2.24, 2.45) is 17.4 Å². The van der Waals surface area contributed by atoms with E-state index in [0.717, 1.165) is 0 Å². The summed E-state index contributed by atoms with van der Waals surface area (Å²) in [6.45, 7) is 2.50. The molecular formula is C18H33N5O7S. The molecule has 0 radical (unpaired) electrons. The van der Waals surface area contributed by atoms with Gasteiger partial charge in [0, 0.05) is 6.42 Å². The Hall–Kier alpha value is -2.38. The summed E-state index contributed by atoms with van der Waals surface area (Å²) in [6, 6.07) is -4.72. The van der Waals surface area contributed by atoms with E-state index in [1.165, 1.54) is 11.8 Å². The van der Waals surface area contributed by atoms with Gasteiger partial charge in [-0.25, -0.2) is 4.79 Å². The van der Waals surface area contributed by atoms with E-state index in [1.807, 2.05) is 0 Å². The molecule has 0 saturated carbocycles. The van der Waals surface area contributed by atoms with E-state index in [4.69, 9.17) is 11.5 Å². The van der Waals surface area contributed by atoms with Crippen molar-refractivity contribution in [2.45, 2.75) is 57.3 Å². The number of amides is 4. The lowest BCUT2D eigenvalue weighted by Crippen LogP contribution is -2.58. The van der Waals surface area contributed by atoms with Crippen molar-refractivity contribution in [3.63, 3.8) is 0 Å². The first-order chi connectivity index (χ1) is 14.4. The zero-order valence-corrected chi connectivity index (χ0v) is 18.7. The number of aliphatic hydroxyl groups is 1. The summed E-state index contributed by atoms with van der Waals surface area (Å²) >= 11 is 1.42. The van der Waals surface area contributed by atoms with Crippen LogP contribution in [-0.2, 0) is 24.0 Å². The van der Waals surface area contributed by atoms with Crippen LogP contribution in [0.3, 0.4) is 0 Å². The third kappa shape index (κ3) is 11.0. The third-order valence-corrected chi connectivity index (χ3v) is 4.97. The van der Waals surface area contributed by atoms with E-state index >= 15 is 0 Å². The molecule has 4 unspecified atom stereocenters. The molecule has 4 amide bonds. The molecule has 0 bridgehead atoms. The molecule has 9 N–H and O–H groups in total. The Morgan fingerprint density at radius 2 is 1.48 bits per heavy atom. The van der Waals surface area contributed by atoms with E-state index < -0.39 is 60.4 Å². The molecule has 0 aliphatic carbocycles. The fourth-order valence-electron chi connectivity index (χ4n) is 2.45. The van der Waals surface area contributed by atoms with Gasteiger partial charge in [-0.2, -0.15) is 11.8 Å². The largest absolute Gasteiger partial charge is 0.480 e. The fraction of sp³-hybridized carbons (Fsp3) is 0.722. The van der Waals surface area contributed by atoms with E-state index in [2.05, 4.69) is 16.0 Å². The summed E-state index contributed by atoms with van der Waals surface area (Å²) in [7, 11) is 0. The number of carbonyl (C=O) groups excluding carboxylic acids is 4. The number of primary amides is 1. The minimum atomic E-state index is -1.39. The number of thioether (sulfide) groups is 1. The predicted octanol–water partition coefficient (Wildman–Crippen LogP) is -2.48. The molecule has 0 aliphatic heterocycles. The second-order valence-corrected chi connectivity index (χ2v) is 8.25. The predicted molar refractivity (Wildman–Crippen MR) is 115 cm³/mol. The zero-order valence-electron chi connectivity index (χ0n) is 17.9. The van der Waals surface area contributed by atoms with Crippen molar-refractivity contribution in [3.8, 4) is 0 Å². The summed E-state index contributed by atoms with van der Waals surface area (Å²) in [4.78, 5) is 59.3. The van der Waals surface area contributed by atoms with Crippen molar-refractivity contribution in [3.05, 3.63) is 0 Å². The van der Waals surface area contributed by atoms with Crippen molar-refractivity contribution in [1.29, 1.82) is 0 Å². The molecule has 4 atom stereocenters. The molecule has 0 aromatic heterocycles. The molecule has 0 saturated heterocycles. The Morgan fingerprint density at radius 3 is 1.94 bits per heavy atom. The van der Waals surface area contributed by atoms with Crippen LogP contribution >= 0.6 is 11.8 Å². The third-order valence-electron chi connectivity index (χ3n) is 4.33. The van der Waals surface area contributed by atoms with E-state index in [9.17, 15) is 34.2 Å². The lowest BCUT2D eigenvalue weighted by Gasteiger charge is -2.25. The number of aliphatic carboxylic acids is 1. The first-order valence-electron chi connectivity index (χ1n) is 9.72. The van der Waals surface area contributed by atoms with Crippen molar-refractivity contribution < 1.29 is 34.2 Å². The molecule has 31 heavy (non-hydrogen) atoms.